The summed E-state index contributed by atoms with van der Waals surface area (Å²) < 4.78 is 71.4. The Kier molecular flexibility index (Phi) is 12.9. The summed E-state index contributed by atoms with van der Waals surface area (Å²) in [4.78, 5) is 26.1. The molecule has 2 saturated heterocycles. The number of aliphatic hydroxyl groups is 1. The summed E-state index contributed by atoms with van der Waals surface area (Å²) >= 11 is 0. The van der Waals surface area contributed by atoms with Gasteiger partial charge in [-0.25, -0.2) is 39.6 Å². The van der Waals surface area contributed by atoms with Gasteiger partial charge in [-0.3, -0.25) is 18.2 Å². The molecule has 0 spiro atoms. The summed E-state index contributed by atoms with van der Waals surface area (Å²) in [6.45, 7) is -0.395. The zero-order chi connectivity index (χ0) is 50.8. The van der Waals surface area contributed by atoms with Crippen LogP contribution in [0.5, 0.6) is 11.5 Å². The maximum Gasteiger partial charge on any atom is 0.406 e. The summed E-state index contributed by atoms with van der Waals surface area (Å²) in [6.07, 6.45) is 5.47. The van der Waals surface area contributed by atoms with Crippen LogP contribution in [0.3, 0.4) is 0 Å². The molecular formula is C52H60N11O10P. The molecule has 22 heteroatoms. The van der Waals surface area contributed by atoms with E-state index in [1.807, 2.05) is 78.9 Å². The fourth-order valence-corrected chi connectivity index (χ4v) is 14.8. The van der Waals surface area contributed by atoms with Crippen LogP contribution in [-0.4, -0.2) is 115 Å². The van der Waals surface area contributed by atoms with Gasteiger partial charge in [0.05, 0.1) is 40.1 Å². The van der Waals surface area contributed by atoms with Crippen LogP contribution in [0.2, 0.25) is 0 Å². The molecule has 6 aliphatic rings. The van der Waals surface area contributed by atoms with Crippen molar-refractivity contribution in [2.45, 2.75) is 99.1 Å². The maximum atomic E-state index is 16.2. The molecule has 6 N–H and O–H groups in total. The maximum absolute atomic E-state index is 16.2. The summed E-state index contributed by atoms with van der Waals surface area (Å²) in [5, 5.41) is 15.5. The van der Waals surface area contributed by atoms with Crippen molar-refractivity contribution >= 4 is 41.7 Å². The fourth-order valence-electron chi connectivity index (χ4n) is 12.9. The third kappa shape index (κ3) is 8.76. The Morgan fingerprint density at radius 1 is 0.703 bits per heavy atom. The van der Waals surface area contributed by atoms with E-state index < -0.39 is 61.9 Å². The van der Waals surface area contributed by atoms with Crippen LogP contribution in [0.1, 0.15) is 74.1 Å². The van der Waals surface area contributed by atoms with Gasteiger partial charge in [0.25, 0.3) is 0 Å². The average Bonchev–Trinajstić information content (AvgIpc) is 4.21. The number of anilines is 2. The first-order chi connectivity index (χ1) is 36.0. The minimum atomic E-state index is -4.38. The van der Waals surface area contributed by atoms with Gasteiger partial charge in [0, 0.05) is 19.1 Å². The van der Waals surface area contributed by atoms with Crippen LogP contribution in [0.25, 0.3) is 22.3 Å². The molecule has 6 heterocycles. The molecule has 1 unspecified atom stereocenters. The van der Waals surface area contributed by atoms with Gasteiger partial charge >= 0.3 is 7.75 Å². The van der Waals surface area contributed by atoms with E-state index in [2.05, 4.69) is 35.0 Å². The van der Waals surface area contributed by atoms with Crippen molar-refractivity contribution in [2.24, 2.45) is 17.8 Å². The monoisotopic (exact) mass is 1030 g/mol. The molecule has 74 heavy (non-hydrogen) atoms. The highest BCUT2D eigenvalue weighted by Gasteiger charge is 2.56. The highest BCUT2D eigenvalue weighted by molar-refractivity contribution is 7.51. The number of nitrogen functional groups attached to an aromatic ring is 2. The zero-order valence-electron chi connectivity index (χ0n) is 41.3. The number of rotatable bonds is 18. The molecule has 8 atom stereocenters. The van der Waals surface area contributed by atoms with Gasteiger partial charge in [0.2, 0.25) is 0 Å². The number of nitrogens with one attached hydrogen (secondary N) is 1. The number of nitrogens with zero attached hydrogens (tertiary/aromatic N) is 8. The van der Waals surface area contributed by atoms with Crippen LogP contribution in [0.15, 0.2) is 104 Å². The molecule has 21 nitrogen and oxygen atoms in total. The van der Waals surface area contributed by atoms with Crippen molar-refractivity contribution in [3.05, 3.63) is 121 Å². The number of imidazole rings is 2. The van der Waals surface area contributed by atoms with Gasteiger partial charge < -0.3 is 45.0 Å². The van der Waals surface area contributed by atoms with Crippen LogP contribution >= 0.6 is 7.75 Å². The Morgan fingerprint density at radius 3 is 1.82 bits per heavy atom. The Hall–Kier alpha value is -6.13. The van der Waals surface area contributed by atoms with Crippen LogP contribution in [0, 0.1) is 17.8 Å². The van der Waals surface area contributed by atoms with Crippen molar-refractivity contribution in [1.82, 2.24) is 44.1 Å². The standard InChI is InChI=1S/C52H60N11O10P/c1-66-36-13-9-34(10-14-36)52(33-7-5-4-6-8-33,35-11-15-37(67-2)16-12-35)69-24-39-38(20-41(71-39)62-28-59-42-46(53)55-26-57-48(42)62)73-74(65,61-51-21-30-17-31(22-51)19-32(18-30)23-51)70-25-40-44(64)45(68-3)50(72-40)63-29-60-43-47(54)56-27-58-49(43)63/h4-16,26-32,38-41,44-45,50,64H,17-25H2,1-3H3,(H,61,65)(H2,53,55,57)(H2,54,56,58)/t30?,31?,32?,38-,39+,40+,41+,44+,45+,50+,51?,74?/m0/s1. The number of nitrogens with two attached hydrogens (primary N) is 2. The van der Waals surface area contributed by atoms with Gasteiger partial charge in [-0.05, 0) is 97.2 Å². The lowest BCUT2D eigenvalue weighted by Gasteiger charge is -2.57. The van der Waals surface area contributed by atoms with Crippen molar-refractivity contribution in [3.63, 3.8) is 0 Å². The topological polar surface area (TPSA) is 262 Å². The van der Waals surface area contributed by atoms with Crippen molar-refractivity contribution in [1.29, 1.82) is 0 Å². The first-order valence-electron chi connectivity index (χ1n) is 25.1. The number of hydrogen-bond acceptors (Lipinski definition) is 18. The van der Waals surface area contributed by atoms with Crippen molar-refractivity contribution < 1.29 is 47.1 Å². The third-order valence-corrected chi connectivity index (χ3v) is 17.6. The lowest BCUT2D eigenvalue weighted by atomic mass is 9.53. The third-order valence-electron chi connectivity index (χ3n) is 15.9. The second kappa shape index (κ2) is 19.5. The lowest BCUT2D eigenvalue weighted by Crippen LogP contribution is -2.57. The van der Waals surface area contributed by atoms with Crippen molar-refractivity contribution in [3.8, 4) is 11.5 Å². The van der Waals surface area contributed by atoms with E-state index in [0.29, 0.717) is 51.6 Å². The summed E-state index contributed by atoms with van der Waals surface area (Å²) in [5.74, 6) is 3.27. The summed E-state index contributed by atoms with van der Waals surface area (Å²) in [6, 6.07) is 25.5. The van der Waals surface area contributed by atoms with Crippen LogP contribution in [-0.2, 0) is 38.2 Å². The molecule has 4 bridgehead atoms. The largest absolute Gasteiger partial charge is 0.497 e. The van der Waals surface area contributed by atoms with Gasteiger partial charge in [-0.15, -0.1) is 0 Å². The number of aromatic nitrogens is 8. The second-order valence-corrected chi connectivity index (χ2v) is 22.0. The van der Waals surface area contributed by atoms with Crippen molar-refractivity contribution in [2.75, 3.05) is 46.0 Å². The van der Waals surface area contributed by atoms with Gasteiger partial charge in [-0.1, -0.05) is 54.6 Å². The Balaban J connectivity index is 0.910. The van der Waals surface area contributed by atoms with E-state index >= 15 is 4.57 Å². The normalized spacial score (nSPS) is 29.3. The Labute approximate surface area is 426 Å². The molecule has 6 fully saturated rings. The molecule has 7 aromatic rings. The predicted molar refractivity (Wildman–Crippen MR) is 269 cm³/mol. The summed E-state index contributed by atoms with van der Waals surface area (Å²) in [7, 11) is 0.364. The minimum absolute atomic E-state index is 0.0657. The Bertz CT molecular complexity index is 3080. The fraction of sp³-hybridized carbons (Fsp3) is 0.462. The molecular weight excluding hydrogens is 970 g/mol. The molecule has 3 aromatic carbocycles. The minimum Gasteiger partial charge on any atom is -0.497 e. The van der Waals surface area contributed by atoms with E-state index in [1.165, 1.54) is 26.1 Å². The first-order valence-corrected chi connectivity index (χ1v) is 26.6. The number of aliphatic hydroxyl groups excluding tert-OH is 1. The SMILES string of the molecule is COc1ccc(C(OC[C@H]2O[C@@H](n3cnc4c(N)ncnc43)C[C@@H]2OP(=O)(NC23CC4CC(CC(C4)C2)C3)OC[C@H]2O[C@@H](n3cnc4c(N)ncnc43)[C@H](OC)[C@@H]2O)(c2ccccc2)c2ccc(OC)cc2)cc1. The van der Waals surface area contributed by atoms with E-state index in [-0.39, 0.29) is 31.3 Å². The molecule has 13 rings (SSSR count). The smallest absolute Gasteiger partial charge is 0.406 e. The van der Waals surface area contributed by atoms with Crippen LogP contribution in [0.4, 0.5) is 11.6 Å². The molecule has 2 aliphatic heterocycles. The average molecular weight is 1030 g/mol. The highest BCUT2D eigenvalue weighted by atomic mass is 31.2. The number of benzene rings is 3. The molecule has 0 radical (unpaired) electrons. The number of ether oxygens (including phenoxy) is 6. The summed E-state index contributed by atoms with van der Waals surface area (Å²) in [5.41, 5.74) is 14.8. The molecule has 0 amide bonds. The quantitative estimate of drug-likeness (QED) is 0.0529. The van der Waals surface area contributed by atoms with E-state index in [0.717, 1.165) is 55.2 Å². The van der Waals surface area contributed by atoms with E-state index in [1.54, 1.807) is 29.7 Å². The number of methoxy groups -OCH3 is 3. The molecule has 4 aromatic heterocycles. The van der Waals surface area contributed by atoms with Gasteiger partial charge in [-0.2, -0.15) is 0 Å². The van der Waals surface area contributed by atoms with Crippen LogP contribution < -0.4 is 26.0 Å². The first kappa shape index (κ1) is 48.8. The van der Waals surface area contributed by atoms with E-state index in [9.17, 15) is 5.11 Å². The predicted octanol–water partition coefficient (Wildman–Crippen LogP) is 6.49. The number of hydrogen-bond donors (Lipinski definition) is 4. The van der Waals surface area contributed by atoms with E-state index in [4.69, 9.17) is 48.9 Å². The molecule has 4 saturated carbocycles. The lowest BCUT2D eigenvalue weighted by molar-refractivity contribution is -0.0931. The highest BCUT2D eigenvalue weighted by Crippen LogP contribution is 2.61. The van der Waals surface area contributed by atoms with Gasteiger partial charge in [0.1, 0.15) is 77.5 Å². The molecule has 388 valence electrons. The number of fused-ring (bicyclic) bond motifs is 2. The van der Waals surface area contributed by atoms with Gasteiger partial charge in [0.15, 0.2) is 29.2 Å². The second-order valence-electron chi connectivity index (χ2n) is 20.3. The molecule has 4 aliphatic carbocycles. The Morgan fingerprint density at radius 2 is 1.26 bits per heavy atom. The zero-order valence-corrected chi connectivity index (χ0v) is 42.1.